The van der Waals surface area contributed by atoms with Crippen molar-refractivity contribution in [3.63, 3.8) is 0 Å². The fraction of sp³-hybridized carbons (Fsp3) is 0.111. The van der Waals surface area contributed by atoms with Gasteiger partial charge in [0, 0.05) is 22.1 Å². The molecule has 0 atom stereocenters. The maximum atomic E-state index is 12.4. The summed E-state index contributed by atoms with van der Waals surface area (Å²) < 4.78 is 27.1. The van der Waals surface area contributed by atoms with E-state index in [1.807, 2.05) is 19.2 Å². The number of aryl methyl sites for hydroxylation is 1. The highest BCUT2D eigenvalue weighted by Gasteiger charge is 2.16. The Morgan fingerprint density at radius 1 is 1.08 bits per heavy atom. The summed E-state index contributed by atoms with van der Waals surface area (Å²) in [5.41, 5.74) is 2.10. The SMILES string of the molecule is Cc1scc(C(=O)Nc2ccc(S(=O)(=O)Nc3ccccn3)cc2)c1C. The second-order valence-corrected chi connectivity index (χ2v) is 8.40. The van der Waals surface area contributed by atoms with Gasteiger partial charge in [0.1, 0.15) is 5.82 Å². The molecular weight excluding hydrogens is 370 g/mol. The summed E-state index contributed by atoms with van der Waals surface area (Å²) in [6, 6.07) is 10.9. The monoisotopic (exact) mass is 387 g/mol. The first-order valence-corrected chi connectivity index (χ1v) is 10.1. The zero-order valence-corrected chi connectivity index (χ0v) is 15.8. The van der Waals surface area contributed by atoms with E-state index in [1.165, 1.54) is 29.7 Å². The molecule has 1 amide bonds. The maximum Gasteiger partial charge on any atom is 0.263 e. The summed E-state index contributed by atoms with van der Waals surface area (Å²) in [4.78, 5) is 17.5. The van der Waals surface area contributed by atoms with Crippen molar-refractivity contribution in [3.8, 4) is 0 Å². The van der Waals surface area contributed by atoms with E-state index in [0.29, 0.717) is 11.3 Å². The predicted octanol–water partition coefficient (Wildman–Crippen LogP) is 3.81. The number of carbonyl (C=O) groups excluding carboxylic acids is 1. The van der Waals surface area contributed by atoms with E-state index in [2.05, 4.69) is 15.0 Å². The lowest BCUT2D eigenvalue weighted by Crippen LogP contribution is -2.15. The lowest BCUT2D eigenvalue weighted by atomic mass is 10.1. The van der Waals surface area contributed by atoms with Gasteiger partial charge in [0.05, 0.1) is 10.5 Å². The topological polar surface area (TPSA) is 88.2 Å². The molecule has 0 saturated carbocycles. The molecule has 2 aromatic heterocycles. The lowest BCUT2D eigenvalue weighted by Gasteiger charge is -2.09. The van der Waals surface area contributed by atoms with Gasteiger partial charge in [-0.15, -0.1) is 11.3 Å². The number of sulfonamides is 1. The van der Waals surface area contributed by atoms with Gasteiger partial charge in [-0.25, -0.2) is 13.4 Å². The minimum Gasteiger partial charge on any atom is -0.322 e. The Bertz CT molecular complexity index is 1030. The number of nitrogens with zero attached hydrogens (tertiary/aromatic N) is 1. The van der Waals surface area contributed by atoms with Gasteiger partial charge < -0.3 is 5.32 Å². The molecule has 2 N–H and O–H groups in total. The van der Waals surface area contributed by atoms with Crippen LogP contribution < -0.4 is 10.0 Å². The molecule has 8 heteroatoms. The molecule has 0 bridgehead atoms. The van der Waals surface area contributed by atoms with Crippen LogP contribution in [0.4, 0.5) is 11.5 Å². The van der Waals surface area contributed by atoms with Gasteiger partial charge in [-0.1, -0.05) is 6.07 Å². The average molecular weight is 387 g/mol. The number of amides is 1. The Kier molecular flexibility index (Phi) is 5.06. The molecule has 26 heavy (non-hydrogen) atoms. The van der Waals surface area contributed by atoms with Gasteiger partial charge in [0.15, 0.2) is 0 Å². The van der Waals surface area contributed by atoms with E-state index < -0.39 is 10.0 Å². The van der Waals surface area contributed by atoms with Gasteiger partial charge in [-0.05, 0) is 55.8 Å². The third kappa shape index (κ3) is 3.92. The van der Waals surface area contributed by atoms with Gasteiger partial charge in [0.2, 0.25) is 0 Å². The highest BCUT2D eigenvalue weighted by Crippen LogP contribution is 2.22. The number of pyridine rings is 1. The first-order chi connectivity index (χ1) is 12.4. The molecule has 1 aromatic carbocycles. The lowest BCUT2D eigenvalue weighted by molar-refractivity contribution is 0.102. The van der Waals surface area contributed by atoms with Crippen molar-refractivity contribution in [3.05, 3.63) is 70.0 Å². The van der Waals surface area contributed by atoms with Crippen LogP contribution in [0.1, 0.15) is 20.8 Å². The number of hydrogen-bond acceptors (Lipinski definition) is 5. The molecule has 6 nitrogen and oxygen atoms in total. The summed E-state index contributed by atoms with van der Waals surface area (Å²) in [5.74, 6) is 0.0299. The van der Waals surface area contributed by atoms with Crippen molar-refractivity contribution in [2.24, 2.45) is 0 Å². The Hall–Kier alpha value is -2.71. The minimum atomic E-state index is -3.74. The number of anilines is 2. The smallest absolute Gasteiger partial charge is 0.263 e. The maximum absolute atomic E-state index is 12.4. The van der Waals surface area contributed by atoms with E-state index in [-0.39, 0.29) is 16.6 Å². The third-order valence-electron chi connectivity index (χ3n) is 3.86. The van der Waals surface area contributed by atoms with Gasteiger partial charge in [-0.3, -0.25) is 9.52 Å². The van der Waals surface area contributed by atoms with Gasteiger partial charge >= 0.3 is 0 Å². The Morgan fingerprint density at radius 3 is 2.38 bits per heavy atom. The predicted molar refractivity (Wildman–Crippen MR) is 103 cm³/mol. The van der Waals surface area contributed by atoms with Crippen molar-refractivity contribution in [1.82, 2.24) is 4.98 Å². The quantitative estimate of drug-likeness (QED) is 0.697. The zero-order chi connectivity index (χ0) is 18.7. The highest BCUT2D eigenvalue weighted by atomic mass is 32.2. The number of rotatable bonds is 5. The Balaban J connectivity index is 1.74. The fourth-order valence-corrected chi connectivity index (χ4v) is 4.15. The fourth-order valence-electron chi connectivity index (χ4n) is 2.27. The molecule has 0 aliphatic heterocycles. The van der Waals surface area contributed by atoms with Crippen LogP contribution in [-0.4, -0.2) is 19.3 Å². The van der Waals surface area contributed by atoms with Crippen LogP contribution in [0.25, 0.3) is 0 Å². The molecule has 0 saturated heterocycles. The van der Waals surface area contributed by atoms with Crippen LogP contribution in [0.3, 0.4) is 0 Å². The van der Waals surface area contributed by atoms with Crippen LogP contribution >= 0.6 is 11.3 Å². The summed E-state index contributed by atoms with van der Waals surface area (Å²) in [5, 5.41) is 4.60. The van der Waals surface area contributed by atoms with Crippen LogP contribution in [0.15, 0.2) is 58.9 Å². The molecule has 134 valence electrons. The van der Waals surface area contributed by atoms with E-state index in [0.717, 1.165) is 10.4 Å². The van der Waals surface area contributed by atoms with Crippen molar-refractivity contribution < 1.29 is 13.2 Å². The summed E-state index contributed by atoms with van der Waals surface area (Å²) >= 11 is 1.52. The zero-order valence-electron chi connectivity index (χ0n) is 14.2. The molecule has 3 rings (SSSR count). The number of hydrogen-bond donors (Lipinski definition) is 2. The molecule has 0 spiro atoms. The molecule has 0 fully saturated rings. The number of aromatic nitrogens is 1. The van der Waals surface area contributed by atoms with E-state index in [4.69, 9.17) is 0 Å². The normalized spacial score (nSPS) is 11.2. The molecule has 0 aliphatic carbocycles. The van der Waals surface area contributed by atoms with Crippen LogP contribution in [0.5, 0.6) is 0 Å². The summed E-state index contributed by atoms with van der Waals surface area (Å²) in [6.45, 7) is 3.87. The summed E-state index contributed by atoms with van der Waals surface area (Å²) in [6.07, 6.45) is 1.50. The third-order valence-corrected chi connectivity index (χ3v) is 6.24. The molecule has 0 aliphatic rings. The van der Waals surface area contributed by atoms with E-state index >= 15 is 0 Å². The molecule has 3 aromatic rings. The minimum absolute atomic E-state index is 0.0868. The van der Waals surface area contributed by atoms with Crippen molar-refractivity contribution in [2.75, 3.05) is 10.0 Å². The number of nitrogens with one attached hydrogen (secondary N) is 2. The van der Waals surface area contributed by atoms with Crippen LogP contribution in [0, 0.1) is 13.8 Å². The van der Waals surface area contributed by atoms with Crippen molar-refractivity contribution >= 4 is 38.8 Å². The Labute approximate surface area is 156 Å². The molecule has 0 unspecified atom stereocenters. The second kappa shape index (κ2) is 7.27. The van der Waals surface area contributed by atoms with Crippen molar-refractivity contribution in [1.29, 1.82) is 0 Å². The molecular formula is C18H17N3O3S2. The Morgan fingerprint density at radius 2 is 1.81 bits per heavy atom. The van der Waals surface area contributed by atoms with E-state index in [1.54, 1.807) is 30.3 Å². The van der Waals surface area contributed by atoms with Gasteiger partial charge in [0.25, 0.3) is 15.9 Å². The average Bonchev–Trinajstić information content (AvgIpc) is 2.95. The van der Waals surface area contributed by atoms with E-state index in [9.17, 15) is 13.2 Å². The largest absolute Gasteiger partial charge is 0.322 e. The van der Waals surface area contributed by atoms with Gasteiger partial charge in [-0.2, -0.15) is 0 Å². The van der Waals surface area contributed by atoms with Crippen molar-refractivity contribution in [2.45, 2.75) is 18.7 Å². The number of benzene rings is 1. The molecule has 2 heterocycles. The summed E-state index contributed by atoms with van der Waals surface area (Å²) in [7, 11) is -3.74. The second-order valence-electron chi connectivity index (χ2n) is 5.63. The molecule has 0 radical (unpaired) electrons. The first kappa shape index (κ1) is 18.1. The standard InChI is InChI=1S/C18H17N3O3S2/c1-12-13(2)25-11-16(12)18(22)20-14-6-8-15(9-7-14)26(23,24)21-17-5-3-4-10-19-17/h3-11H,1-2H3,(H,19,21)(H,20,22). The number of thiophene rings is 1. The van der Waals surface area contributed by atoms with Crippen LogP contribution in [-0.2, 0) is 10.0 Å². The first-order valence-electron chi connectivity index (χ1n) is 7.77. The van der Waals surface area contributed by atoms with Crippen LogP contribution in [0.2, 0.25) is 0 Å². The highest BCUT2D eigenvalue weighted by molar-refractivity contribution is 7.92. The number of carbonyl (C=O) groups is 1.